The molecule has 0 aromatic carbocycles. The molecule has 0 spiro atoms. The maximum atomic E-state index is 13.2. The zero-order chi connectivity index (χ0) is 15.6. The fraction of sp³-hybridized carbons (Fsp3) is 0.500. The number of fused-ring (bicyclic) bond motifs is 1. The van der Waals surface area contributed by atoms with Gasteiger partial charge in [0.25, 0.3) is 5.91 Å². The van der Waals surface area contributed by atoms with Crippen molar-refractivity contribution < 1.29 is 4.79 Å². The highest BCUT2D eigenvalue weighted by molar-refractivity contribution is 5.94. The van der Waals surface area contributed by atoms with Crippen molar-refractivity contribution in [3.8, 4) is 0 Å². The van der Waals surface area contributed by atoms with Gasteiger partial charge < -0.3 is 4.90 Å². The van der Waals surface area contributed by atoms with Gasteiger partial charge in [-0.15, -0.1) is 0 Å². The molecule has 0 saturated carbocycles. The molecule has 1 N–H and O–H groups in total. The SMILES string of the molecule is O=C(c1n[nH]c2c1CCC2)N1CCCCC[C@H]1c1ccncc1. The maximum absolute atomic E-state index is 13.2. The van der Waals surface area contributed by atoms with Crippen LogP contribution in [-0.4, -0.2) is 32.5 Å². The number of hydrogen-bond donors (Lipinski definition) is 1. The number of aryl methyl sites for hydroxylation is 1. The van der Waals surface area contributed by atoms with Crippen LogP contribution in [0, 0.1) is 0 Å². The standard InChI is InChI=1S/C18H22N4O/c23-18(17-14-5-4-6-15(14)20-21-17)22-12-3-1-2-7-16(22)13-8-10-19-11-9-13/h8-11,16H,1-7,12H2,(H,20,21)/t16-/m0/s1. The Hall–Kier alpha value is -2.17. The second-order valence-corrected chi connectivity index (χ2v) is 6.53. The van der Waals surface area contributed by atoms with Gasteiger partial charge in [0.05, 0.1) is 6.04 Å². The smallest absolute Gasteiger partial charge is 0.275 e. The number of carbonyl (C=O) groups is 1. The summed E-state index contributed by atoms with van der Waals surface area (Å²) in [5.74, 6) is 0.0908. The van der Waals surface area contributed by atoms with Gasteiger partial charge in [-0.25, -0.2) is 0 Å². The number of rotatable bonds is 2. The van der Waals surface area contributed by atoms with E-state index in [9.17, 15) is 4.79 Å². The summed E-state index contributed by atoms with van der Waals surface area (Å²) in [5.41, 5.74) is 4.14. The van der Waals surface area contributed by atoms with E-state index < -0.39 is 0 Å². The molecule has 0 bridgehead atoms. The molecule has 1 fully saturated rings. The van der Waals surface area contributed by atoms with Crippen molar-refractivity contribution in [2.24, 2.45) is 0 Å². The Kier molecular flexibility index (Phi) is 3.85. The molecule has 2 aromatic heterocycles. The van der Waals surface area contributed by atoms with Crippen LogP contribution in [-0.2, 0) is 12.8 Å². The fourth-order valence-electron chi connectivity index (χ4n) is 3.92. The Morgan fingerprint density at radius 1 is 1.13 bits per heavy atom. The van der Waals surface area contributed by atoms with Gasteiger partial charge in [-0.05, 0) is 49.8 Å². The van der Waals surface area contributed by atoms with Crippen LogP contribution >= 0.6 is 0 Å². The third kappa shape index (κ3) is 2.64. The van der Waals surface area contributed by atoms with Crippen molar-refractivity contribution in [1.29, 1.82) is 0 Å². The zero-order valence-corrected chi connectivity index (χ0v) is 13.3. The highest BCUT2D eigenvalue weighted by Gasteiger charge is 2.32. The Morgan fingerprint density at radius 2 is 2.00 bits per heavy atom. The number of hydrogen-bond acceptors (Lipinski definition) is 3. The molecule has 1 amide bonds. The number of pyridine rings is 1. The van der Waals surface area contributed by atoms with E-state index in [2.05, 4.69) is 15.2 Å². The molecule has 5 heteroatoms. The third-order valence-corrected chi connectivity index (χ3v) is 5.11. The number of carbonyl (C=O) groups excluding carboxylic acids is 1. The number of nitrogens with zero attached hydrogens (tertiary/aromatic N) is 3. The van der Waals surface area contributed by atoms with Crippen LogP contribution in [0.4, 0.5) is 0 Å². The van der Waals surface area contributed by atoms with Crippen LogP contribution in [0.1, 0.15) is 65.5 Å². The van der Waals surface area contributed by atoms with Crippen LogP contribution in [0.25, 0.3) is 0 Å². The maximum Gasteiger partial charge on any atom is 0.275 e. The van der Waals surface area contributed by atoms with Crippen LogP contribution in [0.3, 0.4) is 0 Å². The molecule has 120 valence electrons. The number of nitrogens with one attached hydrogen (secondary N) is 1. The minimum Gasteiger partial charge on any atom is -0.330 e. The molecular formula is C18H22N4O. The zero-order valence-electron chi connectivity index (χ0n) is 13.3. The molecule has 1 aliphatic heterocycles. The van der Waals surface area contributed by atoms with Gasteiger partial charge in [0.1, 0.15) is 0 Å². The van der Waals surface area contributed by atoms with Crippen molar-refractivity contribution in [1.82, 2.24) is 20.1 Å². The normalized spacial score (nSPS) is 21.0. The van der Waals surface area contributed by atoms with Gasteiger partial charge in [0, 0.05) is 30.2 Å². The van der Waals surface area contributed by atoms with Crippen molar-refractivity contribution in [2.45, 2.75) is 51.0 Å². The summed E-state index contributed by atoms with van der Waals surface area (Å²) in [6.45, 7) is 0.813. The van der Waals surface area contributed by atoms with Crippen molar-refractivity contribution in [3.63, 3.8) is 0 Å². The van der Waals surface area contributed by atoms with E-state index in [0.29, 0.717) is 5.69 Å². The van der Waals surface area contributed by atoms with E-state index in [4.69, 9.17) is 0 Å². The lowest BCUT2D eigenvalue weighted by molar-refractivity contribution is 0.0673. The lowest BCUT2D eigenvalue weighted by Crippen LogP contribution is -2.35. The minimum absolute atomic E-state index is 0.0908. The molecule has 5 nitrogen and oxygen atoms in total. The highest BCUT2D eigenvalue weighted by Crippen LogP contribution is 2.32. The molecule has 1 saturated heterocycles. The molecule has 0 radical (unpaired) electrons. The lowest BCUT2D eigenvalue weighted by Gasteiger charge is -2.30. The summed E-state index contributed by atoms with van der Waals surface area (Å²) >= 11 is 0. The lowest BCUT2D eigenvalue weighted by atomic mass is 10.0. The Morgan fingerprint density at radius 3 is 2.87 bits per heavy atom. The Labute approximate surface area is 136 Å². The van der Waals surface area contributed by atoms with Gasteiger partial charge in [0.2, 0.25) is 0 Å². The molecule has 0 unspecified atom stereocenters. The predicted molar refractivity (Wildman–Crippen MR) is 87.1 cm³/mol. The van der Waals surface area contributed by atoms with Crippen LogP contribution in [0.2, 0.25) is 0 Å². The first-order valence-corrected chi connectivity index (χ1v) is 8.61. The first-order valence-electron chi connectivity index (χ1n) is 8.61. The summed E-state index contributed by atoms with van der Waals surface area (Å²) < 4.78 is 0. The first kappa shape index (κ1) is 14.4. The average molecular weight is 310 g/mol. The van der Waals surface area contributed by atoms with E-state index >= 15 is 0 Å². The summed E-state index contributed by atoms with van der Waals surface area (Å²) in [6, 6.07) is 4.21. The Balaban J connectivity index is 1.67. The van der Waals surface area contributed by atoms with Crippen molar-refractivity contribution >= 4 is 5.91 Å². The highest BCUT2D eigenvalue weighted by atomic mass is 16.2. The van der Waals surface area contributed by atoms with Gasteiger partial charge in [0.15, 0.2) is 5.69 Å². The topological polar surface area (TPSA) is 61.9 Å². The predicted octanol–water partition coefficient (Wildman–Crippen LogP) is 3.05. The minimum atomic E-state index is 0.0908. The molecule has 1 atom stereocenters. The Bertz CT molecular complexity index is 694. The summed E-state index contributed by atoms with van der Waals surface area (Å²) in [5, 5.41) is 7.41. The second kappa shape index (κ2) is 6.14. The number of likely N-dealkylation sites (tertiary alicyclic amines) is 1. The van der Waals surface area contributed by atoms with Crippen LogP contribution < -0.4 is 0 Å². The molecule has 23 heavy (non-hydrogen) atoms. The van der Waals surface area contributed by atoms with E-state index in [1.54, 1.807) is 0 Å². The monoisotopic (exact) mass is 310 g/mol. The number of H-pyrrole nitrogens is 1. The average Bonchev–Trinajstić information content (AvgIpc) is 3.11. The number of aromatic amines is 1. The molecule has 1 aliphatic carbocycles. The molecule has 2 aromatic rings. The van der Waals surface area contributed by atoms with E-state index in [0.717, 1.165) is 56.3 Å². The van der Waals surface area contributed by atoms with Gasteiger partial charge >= 0.3 is 0 Å². The molecule has 4 rings (SSSR count). The summed E-state index contributed by atoms with van der Waals surface area (Å²) in [4.78, 5) is 19.3. The van der Waals surface area contributed by atoms with Crippen LogP contribution in [0.5, 0.6) is 0 Å². The largest absolute Gasteiger partial charge is 0.330 e. The molecule has 2 aliphatic rings. The summed E-state index contributed by atoms with van der Waals surface area (Å²) in [6.07, 6.45) is 11.2. The van der Waals surface area contributed by atoms with E-state index in [1.165, 1.54) is 12.0 Å². The third-order valence-electron chi connectivity index (χ3n) is 5.11. The summed E-state index contributed by atoms with van der Waals surface area (Å²) in [7, 11) is 0. The quantitative estimate of drug-likeness (QED) is 0.927. The second-order valence-electron chi connectivity index (χ2n) is 6.53. The van der Waals surface area contributed by atoms with Crippen molar-refractivity contribution in [3.05, 3.63) is 47.0 Å². The van der Waals surface area contributed by atoms with Gasteiger partial charge in [-0.2, -0.15) is 5.10 Å². The molecular weight excluding hydrogens is 288 g/mol. The van der Waals surface area contributed by atoms with E-state index in [-0.39, 0.29) is 11.9 Å². The first-order chi connectivity index (χ1) is 11.3. The van der Waals surface area contributed by atoms with Gasteiger partial charge in [-0.1, -0.05) is 12.8 Å². The fourth-order valence-corrected chi connectivity index (χ4v) is 3.92. The number of amides is 1. The van der Waals surface area contributed by atoms with Gasteiger partial charge in [-0.3, -0.25) is 14.9 Å². The molecule has 3 heterocycles. The number of aromatic nitrogens is 3. The van der Waals surface area contributed by atoms with E-state index in [1.807, 2.05) is 29.4 Å². The van der Waals surface area contributed by atoms with Crippen molar-refractivity contribution in [2.75, 3.05) is 6.54 Å². The van der Waals surface area contributed by atoms with Crippen LogP contribution in [0.15, 0.2) is 24.5 Å².